The third-order valence-electron chi connectivity index (χ3n) is 2.28. The fourth-order valence-corrected chi connectivity index (χ4v) is 1.66. The monoisotopic (exact) mass is 166 g/mol. The van der Waals surface area contributed by atoms with Gasteiger partial charge in [0.25, 0.3) is 0 Å². The predicted octanol–water partition coefficient (Wildman–Crippen LogP) is 2.08. The molecule has 1 aromatic heterocycles. The van der Waals surface area contributed by atoms with Gasteiger partial charge in [0.05, 0.1) is 0 Å². The molecule has 1 rings (SSSR count). The smallest absolute Gasteiger partial charge is 0.0208 e. The van der Waals surface area contributed by atoms with Gasteiger partial charge in [-0.3, -0.25) is 0 Å². The number of nitrogens with one attached hydrogen (secondary N) is 1. The van der Waals surface area contributed by atoms with Crippen molar-refractivity contribution in [3.63, 3.8) is 0 Å². The van der Waals surface area contributed by atoms with Crippen LogP contribution in [0.2, 0.25) is 0 Å². The van der Waals surface area contributed by atoms with Crippen LogP contribution in [-0.2, 0) is 0 Å². The Balaban J connectivity index is 2.79. The van der Waals surface area contributed by atoms with E-state index < -0.39 is 0 Å². The summed E-state index contributed by atoms with van der Waals surface area (Å²) in [7, 11) is 0. The van der Waals surface area contributed by atoms with Crippen LogP contribution in [0.15, 0.2) is 6.07 Å². The first kappa shape index (κ1) is 9.33. The molecule has 0 saturated heterocycles. The molecule has 1 unspecified atom stereocenters. The predicted molar refractivity (Wildman–Crippen MR) is 52.4 cm³/mol. The molecule has 1 aromatic rings. The second kappa shape index (κ2) is 3.76. The molecular formula is C10H18N2. The number of aromatic amines is 1. The lowest BCUT2D eigenvalue weighted by atomic mass is 10.0. The molecule has 1 atom stereocenters. The van der Waals surface area contributed by atoms with Gasteiger partial charge >= 0.3 is 0 Å². The highest BCUT2D eigenvalue weighted by Crippen LogP contribution is 2.21. The number of hydrogen-bond donors (Lipinski definition) is 2. The molecule has 0 radical (unpaired) electrons. The van der Waals surface area contributed by atoms with Crippen molar-refractivity contribution in [3.8, 4) is 0 Å². The molecule has 2 heteroatoms. The van der Waals surface area contributed by atoms with E-state index >= 15 is 0 Å². The lowest BCUT2D eigenvalue weighted by Crippen LogP contribution is -2.05. The Morgan fingerprint density at radius 2 is 2.17 bits per heavy atom. The summed E-state index contributed by atoms with van der Waals surface area (Å²) in [6, 6.07) is 2.18. The Bertz CT molecular complexity index is 250. The molecule has 2 nitrogen and oxygen atoms in total. The zero-order valence-corrected chi connectivity index (χ0v) is 8.15. The zero-order chi connectivity index (χ0) is 9.14. The molecule has 0 aliphatic rings. The largest absolute Gasteiger partial charge is 0.362 e. The number of nitrogens with two attached hydrogens (primary N) is 1. The van der Waals surface area contributed by atoms with Gasteiger partial charge in [0.15, 0.2) is 0 Å². The molecular weight excluding hydrogens is 148 g/mol. The SMILES string of the molecule is Cc1cc(C)c(C(C)CCN)[nH]1. The third kappa shape index (κ3) is 1.89. The fraction of sp³-hybridized carbons (Fsp3) is 0.600. The summed E-state index contributed by atoms with van der Waals surface area (Å²) in [6.07, 6.45) is 1.06. The topological polar surface area (TPSA) is 41.8 Å². The first-order valence-corrected chi connectivity index (χ1v) is 4.51. The number of rotatable bonds is 3. The lowest BCUT2D eigenvalue weighted by Gasteiger charge is -2.08. The van der Waals surface area contributed by atoms with Gasteiger partial charge in [-0.2, -0.15) is 0 Å². The van der Waals surface area contributed by atoms with E-state index in [1.807, 2.05) is 0 Å². The van der Waals surface area contributed by atoms with Crippen molar-refractivity contribution in [3.05, 3.63) is 23.0 Å². The van der Waals surface area contributed by atoms with Crippen LogP contribution in [0.1, 0.15) is 36.2 Å². The van der Waals surface area contributed by atoms with Gasteiger partial charge in [0.2, 0.25) is 0 Å². The molecule has 3 N–H and O–H groups in total. The van der Waals surface area contributed by atoms with E-state index in [1.54, 1.807) is 0 Å². The maximum absolute atomic E-state index is 5.51. The summed E-state index contributed by atoms with van der Waals surface area (Å²) in [5.41, 5.74) is 9.45. The second-order valence-electron chi connectivity index (χ2n) is 3.53. The minimum absolute atomic E-state index is 0.559. The molecule has 68 valence electrons. The van der Waals surface area contributed by atoms with Gasteiger partial charge in [-0.25, -0.2) is 0 Å². The van der Waals surface area contributed by atoms with Crippen LogP contribution < -0.4 is 5.73 Å². The number of H-pyrrole nitrogens is 1. The van der Waals surface area contributed by atoms with E-state index in [4.69, 9.17) is 5.73 Å². The Kier molecular flexibility index (Phi) is 2.93. The Labute approximate surface area is 74.2 Å². The summed E-state index contributed by atoms with van der Waals surface area (Å²) in [5.74, 6) is 0.559. The zero-order valence-electron chi connectivity index (χ0n) is 8.15. The van der Waals surface area contributed by atoms with Crippen molar-refractivity contribution in [2.24, 2.45) is 5.73 Å². The average Bonchev–Trinajstić information content (AvgIpc) is 2.30. The molecule has 0 aromatic carbocycles. The van der Waals surface area contributed by atoms with Crippen molar-refractivity contribution >= 4 is 0 Å². The highest BCUT2D eigenvalue weighted by atomic mass is 14.7. The van der Waals surface area contributed by atoms with Crippen molar-refractivity contribution in [1.29, 1.82) is 0 Å². The van der Waals surface area contributed by atoms with E-state index in [9.17, 15) is 0 Å². The van der Waals surface area contributed by atoms with Gasteiger partial charge in [-0.05, 0) is 44.4 Å². The van der Waals surface area contributed by atoms with Crippen LogP contribution in [-0.4, -0.2) is 11.5 Å². The number of aromatic nitrogens is 1. The first-order chi connectivity index (χ1) is 5.65. The maximum Gasteiger partial charge on any atom is 0.0208 e. The second-order valence-corrected chi connectivity index (χ2v) is 3.53. The summed E-state index contributed by atoms with van der Waals surface area (Å²) in [6.45, 7) is 7.21. The van der Waals surface area contributed by atoms with E-state index in [0.717, 1.165) is 13.0 Å². The highest BCUT2D eigenvalue weighted by Gasteiger charge is 2.09. The van der Waals surface area contributed by atoms with Crippen LogP contribution in [0.3, 0.4) is 0 Å². The van der Waals surface area contributed by atoms with Crippen molar-refractivity contribution in [2.45, 2.75) is 33.1 Å². The number of aryl methyl sites for hydroxylation is 2. The van der Waals surface area contributed by atoms with E-state index in [1.165, 1.54) is 17.0 Å². The molecule has 0 fully saturated rings. The summed E-state index contributed by atoms with van der Waals surface area (Å²) in [5, 5.41) is 0. The minimum Gasteiger partial charge on any atom is -0.362 e. The summed E-state index contributed by atoms with van der Waals surface area (Å²) < 4.78 is 0. The quantitative estimate of drug-likeness (QED) is 0.709. The van der Waals surface area contributed by atoms with E-state index in [0.29, 0.717) is 5.92 Å². The molecule has 1 heterocycles. The minimum atomic E-state index is 0.559. The Hall–Kier alpha value is -0.760. The molecule has 12 heavy (non-hydrogen) atoms. The number of hydrogen-bond acceptors (Lipinski definition) is 1. The average molecular weight is 166 g/mol. The molecule has 0 aliphatic carbocycles. The third-order valence-corrected chi connectivity index (χ3v) is 2.28. The van der Waals surface area contributed by atoms with Gasteiger partial charge in [0, 0.05) is 11.4 Å². The van der Waals surface area contributed by atoms with E-state index in [2.05, 4.69) is 31.8 Å². The van der Waals surface area contributed by atoms with Gasteiger partial charge in [-0.15, -0.1) is 0 Å². The summed E-state index contributed by atoms with van der Waals surface area (Å²) in [4.78, 5) is 3.37. The molecule has 0 spiro atoms. The molecule has 0 bridgehead atoms. The Morgan fingerprint density at radius 1 is 1.50 bits per heavy atom. The van der Waals surface area contributed by atoms with Crippen LogP contribution in [0.4, 0.5) is 0 Å². The molecule has 0 saturated carbocycles. The fourth-order valence-electron chi connectivity index (χ4n) is 1.66. The standard InChI is InChI=1S/C10H18N2/c1-7(4-5-11)10-8(2)6-9(3)12-10/h6-7,12H,4-5,11H2,1-3H3. The maximum atomic E-state index is 5.51. The van der Waals surface area contributed by atoms with Gasteiger partial charge in [-0.1, -0.05) is 6.92 Å². The lowest BCUT2D eigenvalue weighted by molar-refractivity contribution is 0.669. The highest BCUT2D eigenvalue weighted by molar-refractivity contribution is 5.26. The van der Waals surface area contributed by atoms with Crippen molar-refractivity contribution in [2.75, 3.05) is 6.54 Å². The van der Waals surface area contributed by atoms with Crippen LogP contribution in [0, 0.1) is 13.8 Å². The van der Waals surface area contributed by atoms with Crippen LogP contribution >= 0.6 is 0 Å². The van der Waals surface area contributed by atoms with Crippen LogP contribution in [0.5, 0.6) is 0 Å². The van der Waals surface area contributed by atoms with Crippen molar-refractivity contribution < 1.29 is 0 Å². The van der Waals surface area contributed by atoms with E-state index in [-0.39, 0.29) is 0 Å². The molecule has 0 amide bonds. The van der Waals surface area contributed by atoms with Crippen molar-refractivity contribution in [1.82, 2.24) is 4.98 Å². The molecule has 0 aliphatic heterocycles. The van der Waals surface area contributed by atoms with Gasteiger partial charge in [0.1, 0.15) is 0 Å². The summed E-state index contributed by atoms with van der Waals surface area (Å²) >= 11 is 0. The van der Waals surface area contributed by atoms with Crippen LogP contribution in [0.25, 0.3) is 0 Å². The Morgan fingerprint density at radius 3 is 2.58 bits per heavy atom. The first-order valence-electron chi connectivity index (χ1n) is 4.51. The normalized spacial score (nSPS) is 13.3. The van der Waals surface area contributed by atoms with Gasteiger partial charge < -0.3 is 10.7 Å².